The Kier molecular flexibility index (Phi) is 38.9. The average Bonchev–Trinajstić information content (AvgIpc) is 3.40. The normalized spacial score (nSPS) is 8.00. The van der Waals surface area contributed by atoms with Gasteiger partial charge in [0, 0.05) is 0 Å². The molecule has 16 heteroatoms. The molecule has 0 spiro atoms. The van der Waals surface area contributed by atoms with Crippen molar-refractivity contribution in [3.05, 3.63) is 48.0 Å². The second-order valence-corrected chi connectivity index (χ2v) is 5.26. The summed E-state index contributed by atoms with van der Waals surface area (Å²) in [6.07, 6.45) is 10.4. The van der Waals surface area contributed by atoms with Crippen LogP contribution in [0.15, 0.2) is 23.2 Å². The van der Waals surface area contributed by atoms with Gasteiger partial charge in [-0.3, -0.25) is 19.4 Å². The van der Waals surface area contributed by atoms with Gasteiger partial charge in [-0.05, 0) is 33.4 Å². The Morgan fingerprint density at radius 3 is 0.750 bits per heavy atom. The van der Waals surface area contributed by atoms with Crippen LogP contribution in [-0.2, 0) is 52.4 Å². The maximum Gasteiger partial charge on any atom is 2.00 e. The van der Waals surface area contributed by atoms with E-state index in [4.69, 9.17) is 0 Å². The van der Waals surface area contributed by atoms with Gasteiger partial charge in [-0.1, -0.05) is 0 Å². The van der Waals surface area contributed by atoms with Crippen LogP contribution in [0.5, 0.6) is 0 Å². The van der Waals surface area contributed by atoms with Crippen molar-refractivity contribution in [1.29, 1.82) is 0 Å². The van der Waals surface area contributed by atoms with Crippen LogP contribution in [0.2, 0.25) is 0 Å². The summed E-state index contributed by atoms with van der Waals surface area (Å²) >= 11 is 0. The minimum absolute atomic E-state index is 0. The molecule has 4 aromatic heterocycles. The Labute approximate surface area is 196 Å². The Bertz CT molecular complexity index is 381. The molecule has 4 rings (SSSR count). The van der Waals surface area contributed by atoms with Gasteiger partial charge in [0.15, 0.2) is 0 Å². The molecule has 0 aromatic carbocycles. The van der Waals surface area contributed by atoms with E-state index in [2.05, 4.69) is 64.6 Å². The standard InChI is InChI=1S/4C2H2N2P.2ClH.2Zr/c4*1-2-5-4-3-1;;;;/h4*2H,(H,3,4);2*1H;;/q4*-1;;;2*+2/p-2. The van der Waals surface area contributed by atoms with Crippen LogP contribution in [-0.4, -0.2) is 39.8 Å². The predicted octanol–water partition coefficient (Wildman–Crippen LogP) is -2.84. The van der Waals surface area contributed by atoms with E-state index in [9.17, 15) is 0 Å². The number of hydrogen-bond donors (Lipinski definition) is 4. The van der Waals surface area contributed by atoms with Crippen molar-refractivity contribution >= 4 is 33.4 Å². The third kappa shape index (κ3) is 25.1. The van der Waals surface area contributed by atoms with Gasteiger partial charge < -0.3 is 70.0 Å². The molecule has 0 fully saturated rings. The first-order valence-corrected chi connectivity index (χ1v) is 8.73. The largest absolute Gasteiger partial charge is 2.00 e. The summed E-state index contributed by atoms with van der Waals surface area (Å²) in [7, 11) is 4.15. The van der Waals surface area contributed by atoms with E-state index in [0.717, 1.165) is 33.4 Å². The number of aromatic amines is 4. The Morgan fingerprint density at radius 1 is 0.500 bits per heavy atom. The number of rotatable bonds is 0. The van der Waals surface area contributed by atoms with Gasteiger partial charge in [0.2, 0.25) is 0 Å². The van der Waals surface area contributed by atoms with Crippen LogP contribution in [0.3, 0.4) is 0 Å². The summed E-state index contributed by atoms with van der Waals surface area (Å²) in [5.41, 5.74) is 0. The predicted molar refractivity (Wildman–Crippen MR) is 79.7 cm³/mol. The van der Waals surface area contributed by atoms with E-state index < -0.39 is 0 Å². The molecule has 4 heterocycles. The zero-order valence-corrected chi connectivity index (χ0v) is 21.6. The number of aromatic nitrogens is 8. The van der Waals surface area contributed by atoms with Crippen LogP contribution in [0.25, 0.3) is 0 Å². The Morgan fingerprint density at radius 2 is 0.708 bits per heavy atom. The fourth-order valence-corrected chi connectivity index (χ4v) is 1.73. The molecule has 0 amide bonds. The van der Waals surface area contributed by atoms with E-state index in [1.807, 2.05) is 0 Å². The van der Waals surface area contributed by atoms with Crippen LogP contribution in [0, 0.1) is 24.8 Å². The minimum atomic E-state index is 0. The maximum atomic E-state index is 3.52. The summed E-state index contributed by atoms with van der Waals surface area (Å²) in [4.78, 5) is 10.6. The van der Waals surface area contributed by atoms with Crippen LogP contribution in [0.4, 0.5) is 0 Å². The maximum absolute atomic E-state index is 3.52. The van der Waals surface area contributed by atoms with Gasteiger partial charge in [0.1, 0.15) is 0 Å². The van der Waals surface area contributed by atoms with Gasteiger partial charge in [0.25, 0.3) is 0 Å². The molecule has 124 valence electrons. The first-order chi connectivity index (χ1) is 10.0. The van der Waals surface area contributed by atoms with Crippen molar-refractivity contribution in [2.75, 3.05) is 0 Å². The average molecular weight is 593 g/mol. The van der Waals surface area contributed by atoms with Gasteiger partial charge in [-0.25, -0.2) is 0 Å². The first kappa shape index (κ1) is 32.6. The van der Waals surface area contributed by atoms with E-state index in [0.29, 0.717) is 0 Å². The first-order valence-electron chi connectivity index (χ1n) is 4.87. The number of nitrogens with zero attached hydrogens (tertiary/aromatic N) is 4. The van der Waals surface area contributed by atoms with E-state index in [1.54, 1.807) is 23.2 Å². The number of H-pyrrole nitrogens is 4. The van der Waals surface area contributed by atoms with Gasteiger partial charge in [-0.2, -0.15) is 23.2 Å². The fraction of sp³-hybridized carbons (Fsp3) is 0. The van der Waals surface area contributed by atoms with Crippen molar-refractivity contribution in [3.63, 3.8) is 0 Å². The SMILES string of the molecule is [Cl-].[Cl-].[Zr+2].[Zr+2].[c-]1cp[nH]n1.[c-]1cp[nH]n1.[c-]1cp[nH]n1.[c-]1cp[nH]n1. The number of halogens is 2. The molecule has 0 aliphatic rings. The molecule has 0 saturated heterocycles. The van der Waals surface area contributed by atoms with Crippen LogP contribution in [0.1, 0.15) is 0 Å². The minimum Gasteiger partial charge on any atom is -1.00 e. The van der Waals surface area contributed by atoms with Crippen molar-refractivity contribution < 1.29 is 77.2 Å². The van der Waals surface area contributed by atoms with Crippen molar-refractivity contribution in [1.82, 2.24) is 39.8 Å². The molecule has 0 radical (unpaired) electrons. The monoisotopic (exact) mass is 590 g/mol. The zero-order valence-electron chi connectivity index (χ0n) is 11.6. The fourth-order valence-electron chi connectivity index (χ4n) is 0.577. The van der Waals surface area contributed by atoms with Gasteiger partial charge in [-0.15, -0.1) is 0 Å². The zero-order chi connectivity index (χ0) is 14.1. The summed E-state index contributed by atoms with van der Waals surface area (Å²) in [5.74, 6) is 7.22. The molecule has 4 N–H and O–H groups in total. The second kappa shape index (κ2) is 28.7. The van der Waals surface area contributed by atoms with E-state index in [-0.39, 0.29) is 77.2 Å². The molecule has 0 aliphatic carbocycles. The van der Waals surface area contributed by atoms with E-state index >= 15 is 0 Å². The number of nitrogens with one attached hydrogen (secondary N) is 4. The summed E-state index contributed by atoms with van der Waals surface area (Å²) in [6.45, 7) is 0. The molecule has 8 nitrogen and oxygen atoms in total. The molecule has 24 heavy (non-hydrogen) atoms. The quantitative estimate of drug-likeness (QED) is 0.165. The van der Waals surface area contributed by atoms with Crippen LogP contribution < -0.4 is 24.8 Å². The summed E-state index contributed by atoms with van der Waals surface area (Å²) < 4.78 is 0. The molecule has 4 aromatic rings. The smallest absolute Gasteiger partial charge is 1.00 e. The Balaban J connectivity index is -0.000000105. The molecule has 0 saturated carbocycles. The molecule has 0 bridgehead atoms. The molecule has 0 unspecified atom stereocenters. The third-order valence-electron chi connectivity index (χ3n) is 1.18. The van der Waals surface area contributed by atoms with Crippen LogP contribution >= 0.6 is 33.4 Å². The molecule has 0 atom stereocenters. The van der Waals surface area contributed by atoms with Crippen molar-refractivity contribution in [3.8, 4) is 0 Å². The third-order valence-corrected chi connectivity index (χ3v) is 3.02. The van der Waals surface area contributed by atoms with Gasteiger partial charge >= 0.3 is 52.4 Å². The van der Waals surface area contributed by atoms with E-state index in [1.165, 1.54) is 0 Å². The van der Waals surface area contributed by atoms with Gasteiger partial charge in [0.05, 0.1) is 0 Å². The molecular weight excluding hydrogens is 585 g/mol. The number of hydrogen-bond acceptors (Lipinski definition) is 4. The van der Waals surface area contributed by atoms with Crippen molar-refractivity contribution in [2.45, 2.75) is 0 Å². The molecule has 0 aliphatic heterocycles. The summed E-state index contributed by atoms with van der Waals surface area (Å²) in [6, 6.07) is 0. The Hall–Kier alpha value is 0.906. The molecular formula is C8H8Cl2N8P4Zr2-2. The summed E-state index contributed by atoms with van der Waals surface area (Å²) in [5, 5.41) is 14.1. The topological polar surface area (TPSA) is 115 Å². The van der Waals surface area contributed by atoms with Crippen molar-refractivity contribution in [2.24, 2.45) is 0 Å². The second-order valence-electron chi connectivity index (χ2n) is 2.40.